The highest BCUT2D eigenvalue weighted by molar-refractivity contribution is 14.1. The summed E-state index contributed by atoms with van der Waals surface area (Å²) in [7, 11) is 1.22. The Balaban J connectivity index is 1.50. The maximum atomic E-state index is 12.7. The van der Waals surface area contributed by atoms with Crippen LogP contribution in [0.5, 0.6) is 5.75 Å². The molecule has 0 aliphatic carbocycles. The van der Waals surface area contributed by atoms with Crippen molar-refractivity contribution in [3.8, 4) is 5.75 Å². The van der Waals surface area contributed by atoms with Crippen molar-refractivity contribution in [1.82, 2.24) is 4.90 Å². The van der Waals surface area contributed by atoms with Crippen molar-refractivity contribution in [2.75, 3.05) is 7.11 Å². The van der Waals surface area contributed by atoms with Crippen LogP contribution in [-0.2, 0) is 20.9 Å². The standard InChI is InChI=1S/C25H20INO5S/c1-15(24(29)31-2)27-23(28)22(33-25(27)30)13-16-10-11-21(20(26)12-16)32-14-18-8-5-7-17-6-3-4-9-19(17)18/h3-13,15H,14H2,1-2H3/b22-13+/t15-/m1/s1. The van der Waals surface area contributed by atoms with Gasteiger partial charge in [-0.05, 0) is 81.4 Å². The molecule has 8 heteroatoms. The summed E-state index contributed by atoms with van der Waals surface area (Å²) >= 11 is 3.00. The van der Waals surface area contributed by atoms with Crippen LogP contribution >= 0.6 is 34.4 Å². The number of carbonyl (C=O) groups is 3. The van der Waals surface area contributed by atoms with E-state index in [0.29, 0.717) is 6.61 Å². The predicted octanol–water partition coefficient (Wildman–Crippen LogP) is 5.62. The van der Waals surface area contributed by atoms with E-state index in [1.807, 2.05) is 36.4 Å². The number of halogens is 1. The molecule has 4 rings (SSSR count). The van der Waals surface area contributed by atoms with E-state index in [1.165, 1.54) is 19.4 Å². The zero-order chi connectivity index (χ0) is 23.5. The van der Waals surface area contributed by atoms with Gasteiger partial charge in [0.1, 0.15) is 18.4 Å². The molecule has 3 aromatic carbocycles. The van der Waals surface area contributed by atoms with Crippen molar-refractivity contribution in [2.24, 2.45) is 0 Å². The molecular weight excluding hydrogens is 553 g/mol. The summed E-state index contributed by atoms with van der Waals surface area (Å²) in [6.07, 6.45) is 1.64. The summed E-state index contributed by atoms with van der Waals surface area (Å²) in [4.78, 5) is 37.9. The number of imide groups is 1. The summed E-state index contributed by atoms with van der Waals surface area (Å²) < 4.78 is 11.6. The van der Waals surface area contributed by atoms with Gasteiger partial charge in [-0.1, -0.05) is 48.5 Å². The molecule has 1 heterocycles. The van der Waals surface area contributed by atoms with Crippen molar-refractivity contribution < 1.29 is 23.9 Å². The number of benzene rings is 3. The van der Waals surface area contributed by atoms with Crippen LogP contribution in [0.3, 0.4) is 0 Å². The number of fused-ring (bicyclic) bond motifs is 1. The van der Waals surface area contributed by atoms with Crippen LogP contribution in [0.25, 0.3) is 16.8 Å². The number of carbonyl (C=O) groups excluding carboxylic acids is 3. The summed E-state index contributed by atoms with van der Waals surface area (Å²) in [6.45, 7) is 1.90. The molecule has 0 radical (unpaired) electrons. The number of amides is 2. The zero-order valence-corrected chi connectivity index (χ0v) is 20.9. The first-order chi connectivity index (χ1) is 15.9. The van der Waals surface area contributed by atoms with Gasteiger partial charge in [-0.2, -0.15) is 0 Å². The normalized spacial score (nSPS) is 15.8. The Morgan fingerprint density at radius 3 is 2.64 bits per heavy atom. The van der Waals surface area contributed by atoms with E-state index in [0.717, 1.165) is 42.5 Å². The Hall–Kier alpha value is -2.85. The maximum Gasteiger partial charge on any atom is 0.328 e. The monoisotopic (exact) mass is 573 g/mol. The van der Waals surface area contributed by atoms with Crippen molar-refractivity contribution in [2.45, 2.75) is 19.6 Å². The Morgan fingerprint density at radius 1 is 1.12 bits per heavy atom. The second-order valence-electron chi connectivity index (χ2n) is 7.37. The minimum Gasteiger partial charge on any atom is -0.488 e. The largest absolute Gasteiger partial charge is 0.488 e. The zero-order valence-electron chi connectivity index (χ0n) is 17.9. The lowest BCUT2D eigenvalue weighted by Gasteiger charge is -2.18. The van der Waals surface area contributed by atoms with Gasteiger partial charge >= 0.3 is 5.97 Å². The lowest BCUT2D eigenvalue weighted by Crippen LogP contribution is -2.42. The molecule has 168 valence electrons. The van der Waals surface area contributed by atoms with Gasteiger partial charge in [-0.25, -0.2) is 4.79 Å². The van der Waals surface area contributed by atoms with Crippen LogP contribution < -0.4 is 4.74 Å². The number of rotatable bonds is 6. The fourth-order valence-electron chi connectivity index (χ4n) is 3.54. The first kappa shape index (κ1) is 23.3. The number of hydrogen-bond donors (Lipinski definition) is 0. The average molecular weight is 573 g/mol. The first-order valence-electron chi connectivity index (χ1n) is 10.1. The maximum absolute atomic E-state index is 12.7. The van der Waals surface area contributed by atoms with Crippen molar-refractivity contribution in [3.63, 3.8) is 0 Å². The third kappa shape index (κ3) is 4.91. The highest BCUT2D eigenvalue weighted by Crippen LogP contribution is 2.34. The molecule has 0 spiro atoms. The van der Waals surface area contributed by atoms with Gasteiger partial charge in [0, 0.05) is 0 Å². The van der Waals surface area contributed by atoms with Gasteiger partial charge in [0.25, 0.3) is 11.1 Å². The minimum atomic E-state index is -0.974. The van der Waals surface area contributed by atoms with Gasteiger partial charge in [-0.15, -0.1) is 0 Å². The van der Waals surface area contributed by atoms with Crippen molar-refractivity contribution >= 4 is 68.3 Å². The Bertz CT molecular complexity index is 1280. The lowest BCUT2D eigenvalue weighted by molar-refractivity contribution is -0.148. The number of nitrogens with zero attached hydrogens (tertiary/aromatic N) is 1. The Labute approximate surface area is 209 Å². The number of methoxy groups -OCH3 is 1. The summed E-state index contributed by atoms with van der Waals surface area (Å²) in [5, 5.41) is 1.83. The third-order valence-electron chi connectivity index (χ3n) is 5.27. The lowest BCUT2D eigenvalue weighted by atomic mass is 10.1. The van der Waals surface area contributed by atoms with Gasteiger partial charge in [0.15, 0.2) is 0 Å². The van der Waals surface area contributed by atoms with Crippen LogP contribution in [-0.4, -0.2) is 35.2 Å². The number of hydrogen-bond acceptors (Lipinski definition) is 6. The smallest absolute Gasteiger partial charge is 0.328 e. The van der Waals surface area contributed by atoms with Gasteiger partial charge in [-0.3, -0.25) is 14.5 Å². The highest BCUT2D eigenvalue weighted by atomic mass is 127. The highest BCUT2D eigenvalue weighted by Gasteiger charge is 2.41. The molecule has 1 aliphatic heterocycles. The summed E-state index contributed by atoms with van der Waals surface area (Å²) in [6, 6.07) is 18.9. The van der Waals surface area contributed by atoms with Gasteiger partial charge in [0.2, 0.25) is 0 Å². The molecule has 1 saturated heterocycles. The van der Waals surface area contributed by atoms with E-state index in [4.69, 9.17) is 4.74 Å². The van der Waals surface area contributed by atoms with Crippen LogP contribution in [0, 0.1) is 3.57 Å². The number of esters is 1. The molecule has 33 heavy (non-hydrogen) atoms. The SMILES string of the molecule is COC(=O)[C@@H](C)N1C(=O)S/C(=C/c2ccc(OCc3cccc4ccccc34)c(I)c2)C1=O. The van der Waals surface area contributed by atoms with Gasteiger partial charge < -0.3 is 9.47 Å². The minimum absolute atomic E-state index is 0.260. The second kappa shape index (κ2) is 9.96. The number of thioether (sulfide) groups is 1. The third-order valence-corrected chi connectivity index (χ3v) is 7.00. The molecular formula is C25H20INO5S. The molecule has 1 atom stereocenters. The Kier molecular flexibility index (Phi) is 7.04. The van der Waals surface area contributed by atoms with Crippen LogP contribution in [0.2, 0.25) is 0 Å². The molecule has 0 bridgehead atoms. The molecule has 0 N–H and O–H groups in total. The molecule has 6 nitrogen and oxygen atoms in total. The molecule has 3 aromatic rings. The van der Waals surface area contributed by atoms with E-state index in [9.17, 15) is 14.4 Å². The second-order valence-corrected chi connectivity index (χ2v) is 9.52. The summed E-state index contributed by atoms with van der Waals surface area (Å²) in [5.74, 6) is -0.414. The topological polar surface area (TPSA) is 72.9 Å². The quantitative estimate of drug-likeness (QED) is 0.217. The van der Waals surface area contributed by atoms with E-state index in [-0.39, 0.29) is 4.91 Å². The first-order valence-corrected chi connectivity index (χ1v) is 12.0. The Morgan fingerprint density at radius 2 is 1.88 bits per heavy atom. The van der Waals surface area contributed by atoms with Crippen LogP contribution in [0.1, 0.15) is 18.1 Å². The molecule has 0 aromatic heterocycles. The van der Waals surface area contributed by atoms with Crippen LogP contribution in [0.4, 0.5) is 4.79 Å². The average Bonchev–Trinajstić information content (AvgIpc) is 3.10. The van der Waals surface area contributed by atoms with Crippen molar-refractivity contribution in [1.29, 1.82) is 0 Å². The van der Waals surface area contributed by atoms with Gasteiger partial charge in [0.05, 0.1) is 15.6 Å². The number of ether oxygens (including phenoxy) is 2. The molecule has 1 aliphatic rings. The van der Waals surface area contributed by atoms with E-state index >= 15 is 0 Å². The fourth-order valence-corrected chi connectivity index (χ4v) is 5.14. The predicted molar refractivity (Wildman–Crippen MR) is 137 cm³/mol. The fraction of sp³-hybridized carbons (Fsp3) is 0.160. The van der Waals surface area contributed by atoms with E-state index in [2.05, 4.69) is 51.6 Å². The summed E-state index contributed by atoms with van der Waals surface area (Å²) in [5.41, 5.74) is 1.86. The van der Waals surface area contributed by atoms with E-state index in [1.54, 1.807) is 6.08 Å². The molecule has 1 fully saturated rings. The van der Waals surface area contributed by atoms with Crippen molar-refractivity contribution in [3.05, 3.63) is 80.3 Å². The molecule has 0 unspecified atom stereocenters. The molecule has 0 saturated carbocycles. The van der Waals surface area contributed by atoms with Crippen LogP contribution in [0.15, 0.2) is 65.6 Å². The molecule has 2 amide bonds. The van der Waals surface area contributed by atoms with E-state index < -0.39 is 23.2 Å².